The number of hydrogen-bond donors (Lipinski definition) is 1. The van der Waals surface area contributed by atoms with Crippen molar-refractivity contribution in [3.05, 3.63) is 94.8 Å². The molecule has 1 heterocycles. The third-order valence-electron chi connectivity index (χ3n) is 4.77. The summed E-state index contributed by atoms with van der Waals surface area (Å²) in [6, 6.07) is 20.0. The minimum atomic E-state index is -3.72. The van der Waals surface area contributed by atoms with Gasteiger partial charge in [-0.2, -0.15) is 4.31 Å². The fourth-order valence-electron chi connectivity index (χ4n) is 3.33. The molecule has 0 fully saturated rings. The predicted molar refractivity (Wildman–Crippen MR) is 108 cm³/mol. The third kappa shape index (κ3) is 3.63. The Morgan fingerprint density at radius 2 is 1.64 bits per heavy atom. The highest BCUT2D eigenvalue weighted by molar-refractivity contribution is 7.89. The molecule has 4 nitrogen and oxygen atoms in total. The maximum Gasteiger partial charge on any atom is 0.247 e. The van der Waals surface area contributed by atoms with Crippen molar-refractivity contribution in [3.63, 3.8) is 0 Å². The summed E-state index contributed by atoms with van der Waals surface area (Å²) in [5.41, 5.74) is 2.20. The van der Waals surface area contributed by atoms with E-state index >= 15 is 0 Å². The molecule has 0 saturated carbocycles. The first-order valence-electron chi connectivity index (χ1n) is 8.82. The van der Waals surface area contributed by atoms with E-state index in [1.54, 1.807) is 48.5 Å². The number of nitrogens with one attached hydrogen (secondary N) is 1. The van der Waals surface area contributed by atoms with Gasteiger partial charge in [-0.3, -0.25) is 0 Å². The van der Waals surface area contributed by atoms with Crippen molar-refractivity contribution < 1.29 is 12.8 Å². The number of halogens is 2. The first kappa shape index (κ1) is 18.9. The average molecular weight is 417 g/mol. The average Bonchev–Trinajstić information content (AvgIpc) is 2.69. The van der Waals surface area contributed by atoms with Gasteiger partial charge in [-0.1, -0.05) is 48.0 Å². The zero-order chi connectivity index (χ0) is 19.7. The highest BCUT2D eigenvalue weighted by Gasteiger charge is 2.38. The molecule has 1 aliphatic rings. The standard InChI is InChI=1S/C21H18ClFN2O2S/c22-17-9-5-15(6-10-17)13-14-25-21(16-7-11-18(23)12-8-16)24-19-3-1-2-4-20(19)28(25,26)27/h1-12,21,24H,13-14H2/t21-/m0/s1. The summed E-state index contributed by atoms with van der Waals surface area (Å²) in [6.07, 6.45) is -0.0920. The SMILES string of the molecule is O=S1(=O)c2ccccc2N[C@H](c2ccc(F)cc2)N1CCc1ccc(Cl)cc1. The van der Waals surface area contributed by atoms with Crippen LogP contribution in [-0.4, -0.2) is 19.3 Å². The molecule has 4 rings (SSSR count). The van der Waals surface area contributed by atoms with E-state index in [0.717, 1.165) is 5.56 Å². The van der Waals surface area contributed by atoms with Crippen molar-refractivity contribution in [1.82, 2.24) is 4.31 Å². The lowest BCUT2D eigenvalue weighted by molar-refractivity contribution is 0.345. The molecule has 28 heavy (non-hydrogen) atoms. The molecule has 0 aliphatic carbocycles. The van der Waals surface area contributed by atoms with Gasteiger partial charge in [-0.25, -0.2) is 12.8 Å². The second-order valence-electron chi connectivity index (χ2n) is 6.59. The van der Waals surface area contributed by atoms with E-state index in [0.29, 0.717) is 22.7 Å². The summed E-state index contributed by atoms with van der Waals surface area (Å²) in [7, 11) is -3.72. The highest BCUT2D eigenvalue weighted by atomic mass is 35.5. The van der Waals surface area contributed by atoms with Gasteiger partial charge in [0.05, 0.1) is 5.69 Å². The van der Waals surface area contributed by atoms with Crippen LogP contribution < -0.4 is 5.32 Å². The van der Waals surface area contributed by atoms with Gasteiger partial charge in [0, 0.05) is 11.6 Å². The normalized spacial score (nSPS) is 18.3. The minimum Gasteiger partial charge on any atom is -0.364 e. The quantitative estimate of drug-likeness (QED) is 0.662. The van der Waals surface area contributed by atoms with E-state index in [1.165, 1.54) is 16.4 Å². The zero-order valence-corrected chi connectivity index (χ0v) is 16.4. The Morgan fingerprint density at radius 1 is 0.964 bits per heavy atom. The maximum absolute atomic E-state index is 13.4. The van der Waals surface area contributed by atoms with E-state index in [2.05, 4.69) is 5.32 Å². The molecule has 0 bridgehead atoms. The highest BCUT2D eigenvalue weighted by Crippen LogP contribution is 2.38. The number of hydrogen-bond acceptors (Lipinski definition) is 3. The molecular weight excluding hydrogens is 399 g/mol. The molecule has 3 aromatic carbocycles. The molecular formula is C21H18ClFN2O2S. The molecule has 144 valence electrons. The van der Waals surface area contributed by atoms with Gasteiger partial charge in [0.2, 0.25) is 10.0 Å². The summed E-state index contributed by atoms with van der Waals surface area (Å²) in [5.74, 6) is -0.365. The maximum atomic E-state index is 13.4. The van der Waals surface area contributed by atoms with E-state index in [1.807, 2.05) is 12.1 Å². The molecule has 0 unspecified atom stereocenters. The van der Waals surface area contributed by atoms with Gasteiger partial charge < -0.3 is 5.32 Å². The molecule has 0 radical (unpaired) electrons. The van der Waals surface area contributed by atoms with Crippen LogP contribution in [0.3, 0.4) is 0 Å². The number of benzene rings is 3. The number of sulfonamides is 1. The number of anilines is 1. The van der Waals surface area contributed by atoms with E-state index in [4.69, 9.17) is 11.6 Å². The fourth-order valence-corrected chi connectivity index (χ4v) is 5.15. The Kier molecular flexibility index (Phi) is 5.10. The largest absolute Gasteiger partial charge is 0.364 e. The van der Waals surface area contributed by atoms with Crippen molar-refractivity contribution >= 4 is 27.3 Å². The second-order valence-corrected chi connectivity index (χ2v) is 8.88. The monoisotopic (exact) mass is 416 g/mol. The molecule has 0 saturated heterocycles. The van der Waals surface area contributed by atoms with E-state index < -0.39 is 16.2 Å². The van der Waals surface area contributed by atoms with Gasteiger partial charge in [0.1, 0.15) is 16.9 Å². The molecule has 0 spiro atoms. The Balaban J connectivity index is 1.71. The van der Waals surface area contributed by atoms with E-state index in [-0.39, 0.29) is 17.3 Å². The van der Waals surface area contributed by atoms with Crippen molar-refractivity contribution in [2.24, 2.45) is 0 Å². The fraction of sp³-hybridized carbons (Fsp3) is 0.143. The smallest absolute Gasteiger partial charge is 0.247 e. The molecule has 3 aromatic rings. The van der Waals surface area contributed by atoms with Crippen LogP contribution in [0.25, 0.3) is 0 Å². The van der Waals surface area contributed by atoms with Gasteiger partial charge in [0.25, 0.3) is 0 Å². The van der Waals surface area contributed by atoms with Crippen molar-refractivity contribution in [2.45, 2.75) is 17.5 Å². The molecule has 0 aromatic heterocycles. The van der Waals surface area contributed by atoms with E-state index in [9.17, 15) is 12.8 Å². The van der Waals surface area contributed by atoms with Gasteiger partial charge in [0.15, 0.2) is 0 Å². The molecule has 1 aliphatic heterocycles. The molecule has 7 heteroatoms. The first-order valence-corrected chi connectivity index (χ1v) is 10.6. The summed E-state index contributed by atoms with van der Waals surface area (Å²) in [5, 5.41) is 3.92. The lowest BCUT2D eigenvalue weighted by Gasteiger charge is -2.37. The second kappa shape index (κ2) is 7.54. The number of para-hydroxylation sites is 1. The number of rotatable bonds is 4. The van der Waals surface area contributed by atoms with Crippen LogP contribution in [0.2, 0.25) is 5.02 Å². The Bertz CT molecular complexity index is 1090. The lowest BCUT2D eigenvalue weighted by Crippen LogP contribution is -2.43. The van der Waals surface area contributed by atoms with Gasteiger partial charge >= 0.3 is 0 Å². The predicted octanol–water partition coefficient (Wildman–Crippen LogP) is 4.84. The van der Waals surface area contributed by atoms with Crippen LogP contribution in [0.1, 0.15) is 17.3 Å². The number of nitrogens with zero attached hydrogens (tertiary/aromatic N) is 1. The molecule has 1 N–H and O–H groups in total. The van der Waals surface area contributed by atoms with Crippen LogP contribution in [0, 0.1) is 5.82 Å². The summed E-state index contributed by atoms with van der Waals surface area (Å²) in [4.78, 5) is 0.240. The van der Waals surface area contributed by atoms with Crippen LogP contribution in [0.5, 0.6) is 0 Å². The third-order valence-corrected chi connectivity index (χ3v) is 6.95. The molecule has 1 atom stereocenters. The lowest BCUT2D eigenvalue weighted by atomic mass is 10.1. The van der Waals surface area contributed by atoms with Crippen LogP contribution >= 0.6 is 11.6 Å². The summed E-state index contributed by atoms with van der Waals surface area (Å²) < 4.78 is 41.5. The minimum absolute atomic E-state index is 0.240. The van der Waals surface area contributed by atoms with Crippen molar-refractivity contribution in [3.8, 4) is 0 Å². The summed E-state index contributed by atoms with van der Waals surface area (Å²) in [6.45, 7) is 0.271. The van der Waals surface area contributed by atoms with Gasteiger partial charge in [-0.15, -0.1) is 0 Å². The molecule has 0 amide bonds. The topological polar surface area (TPSA) is 49.4 Å². The van der Waals surface area contributed by atoms with Crippen LogP contribution in [0.4, 0.5) is 10.1 Å². The van der Waals surface area contributed by atoms with Crippen molar-refractivity contribution in [1.29, 1.82) is 0 Å². The number of fused-ring (bicyclic) bond motifs is 1. The Hall–Kier alpha value is -2.41. The van der Waals surface area contributed by atoms with Crippen LogP contribution in [0.15, 0.2) is 77.7 Å². The van der Waals surface area contributed by atoms with Crippen LogP contribution in [-0.2, 0) is 16.4 Å². The zero-order valence-electron chi connectivity index (χ0n) is 14.8. The van der Waals surface area contributed by atoms with Crippen molar-refractivity contribution in [2.75, 3.05) is 11.9 Å². The Labute approximate surface area is 168 Å². The Morgan fingerprint density at radius 3 is 2.36 bits per heavy atom. The summed E-state index contributed by atoms with van der Waals surface area (Å²) >= 11 is 5.93. The first-order chi connectivity index (χ1) is 13.4. The van der Waals surface area contributed by atoms with Gasteiger partial charge in [-0.05, 0) is 53.9 Å².